The van der Waals surface area contributed by atoms with Gasteiger partial charge in [0.1, 0.15) is 0 Å². The quantitative estimate of drug-likeness (QED) is 0.150. The third-order valence-corrected chi connectivity index (χ3v) is 3.25. The number of hydrogen-bond donors (Lipinski definition) is 0. The van der Waals surface area contributed by atoms with Crippen molar-refractivity contribution in [3.05, 3.63) is 134 Å². The van der Waals surface area contributed by atoms with E-state index >= 15 is 0 Å². The molecule has 0 saturated carbocycles. The zero-order chi connectivity index (χ0) is 22.0. The molecule has 0 unspecified atom stereocenters. The standard InChI is InChI=1S/C9H6Br.2C6H5.C4H10N.2CH3.Si.Zr/c10-9-5-7-3-1-2-4-8(7)6-9;2*1-2-4-6-5-3-1;1-4(2,3)5;;;;/h1-6H;2*1-5H;5H,1-3H3;2*1H3;;/q6*-1;;. The van der Waals surface area contributed by atoms with Crippen LogP contribution in [0.3, 0.4) is 0 Å². The second-order valence-corrected chi connectivity index (χ2v) is 7.62. The van der Waals surface area contributed by atoms with E-state index < -0.39 is 0 Å². The Kier molecular flexibility index (Phi) is 24.5. The van der Waals surface area contributed by atoms with Crippen LogP contribution in [0.4, 0.5) is 0 Å². The molecule has 0 aliphatic carbocycles. The molecule has 4 aromatic carbocycles. The number of halogens is 1. The molecule has 0 atom stereocenters. The Morgan fingerprint density at radius 1 is 0.806 bits per heavy atom. The van der Waals surface area contributed by atoms with Gasteiger partial charge in [-0.3, -0.25) is 0 Å². The topological polar surface area (TPSA) is 23.8 Å². The molecular formula is C27H32BrNSiZr-6. The minimum Gasteiger partial charge on any atom is -0.184 e. The predicted molar refractivity (Wildman–Crippen MR) is 140 cm³/mol. The fourth-order valence-corrected chi connectivity index (χ4v) is 2.29. The van der Waals surface area contributed by atoms with E-state index in [-0.39, 0.29) is 20.4 Å². The summed E-state index contributed by atoms with van der Waals surface area (Å²) in [6, 6.07) is 37.6. The molecule has 2 radical (unpaired) electrons. The summed E-state index contributed by atoms with van der Waals surface area (Å²) in [7, 11) is 0. The molecule has 0 amide bonds. The van der Waals surface area contributed by atoms with Crippen molar-refractivity contribution >= 4 is 33.6 Å². The monoisotopic (exact) mass is 567 g/mol. The first-order valence-electron chi connectivity index (χ1n) is 8.99. The first-order chi connectivity index (χ1) is 13.9. The van der Waals surface area contributed by atoms with Crippen molar-refractivity contribution in [3.8, 4) is 0 Å². The summed E-state index contributed by atoms with van der Waals surface area (Å²) in [5.41, 5.74) is 6.69. The molecule has 1 nitrogen and oxygen atoms in total. The van der Waals surface area contributed by atoms with Crippen LogP contribution in [0.25, 0.3) is 16.5 Å². The normalized spacial score (nSPS) is 8.52. The zero-order valence-electron chi connectivity index (χ0n) is 19.1. The van der Waals surface area contributed by atoms with Gasteiger partial charge in [-0.1, -0.05) is 47.2 Å². The van der Waals surface area contributed by atoms with Crippen molar-refractivity contribution in [2.75, 3.05) is 0 Å². The van der Waals surface area contributed by atoms with E-state index in [2.05, 4.69) is 71.3 Å². The SMILES string of the molecule is Brc1cc2ccccc2[cH-]1.CC(C)(C)[NH-].[CH3-].[CH3-].[Si]=[Zr].[c-]1ccccc1.[c-]1ccccc1. The Labute approximate surface area is 216 Å². The molecule has 0 saturated heterocycles. The van der Waals surface area contributed by atoms with Gasteiger partial charge in [0.25, 0.3) is 0 Å². The number of benzene rings is 3. The number of rotatable bonds is 0. The van der Waals surface area contributed by atoms with Crippen LogP contribution >= 0.6 is 15.9 Å². The molecule has 0 aliphatic heterocycles. The van der Waals surface area contributed by atoms with E-state index in [1.165, 1.54) is 34.1 Å². The van der Waals surface area contributed by atoms with Crippen LogP contribution in [0.2, 0.25) is 0 Å². The van der Waals surface area contributed by atoms with Crippen molar-refractivity contribution in [2.24, 2.45) is 0 Å². The Bertz CT molecular complexity index is 735. The van der Waals surface area contributed by atoms with Crippen LogP contribution in [0, 0.1) is 27.0 Å². The van der Waals surface area contributed by atoms with Gasteiger partial charge < -0.3 is 20.6 Å². The second kappa shape index (κ2) is 22.0. The van der Waals surface area contributed by atoms with Crippen molar-refractivity contribution in [1.82, 2.24) is 0 Å². The van der Waals surface area contributed by atoms with E-state index in [4.69, 9.17) is 5.73 Å². The fraction of sp³-hybridized carbons (Fsp3) is 0.148. The van der Waals surface area contributed by atoms with Crippen LogP contribution in [-0.2, 0) is 23.3 Å². The average molecular weight is 570 g/mol. The molecule has 1 N–H and O–H groups in total. The number of nitrogens with one attached hydrogen (secondary N) is 1. The Hall–Kier alpha value is -1.19. The van der Waals surface area contributed by atoms with E-state index in [0.29, 0.717) is 0 Å². The smallest absolute Gasteiger partial charge is 0.171 e. The number of fused-ring (bicyclic) bond motifs is 1. The van der Waals surface area contributed by atoms with Gasteiger partial charge in [0.2, 0.25) is 0 Å². The van der Waals surface area contributed by atoms with E-state index in [1.54, 1.807) is 0 Å². The molecule has 0 heterocycles. The van der Waals surface area contributed by atoms with Crippen molar-refractivity contribution in [2.45, 2.75) is 26.3 Å². The predicted octanol–water partition coefficient (Wildman–Crippen LogP) is 8.65. The summed E-state index contributed by atoms with van der Waals surface area (Å²) in [6.07, 6.45) is 0. The first kappa shape index (κ1) is 34.4. The molecule has 0 aromatic heterocycles. The number of hydrogen-bond acceptors (Lipinski definition) is 0. The molecular weight excluding hydrogens is 538 g/mol. The molecule has 4 aromatic rings. The molecule has 0 aliphatic rings. The molecule has 31 heavy (non-hydrogen) atoms. The Morgan fingerprint density at radius 3 is 1.48 bits per heavy atom. The van der Waals surface area contributed by atoms with Crippen molar-refractivity contribution in [1.29, 1.82) is 0 Å². The summed E-state index contributed by atoms with van der Waals surface area (Å²) < 4.78 is 1.16. The average Bonchev–Trinajstić information content (AvgIpc) is 3.12. The third kappa shape index (κ3) is 23.3. The summed E-state index contributed by atoms with van der Waals surface area (Å²) in [5, 5.41) is 2.60. The Morgan fingerprint density at radius 2 is 1.19 bits per heavy atom. The minimum absolute atomic E-state index is 0. The van der Waals surface area contributed by atoms with Gasteiger partial charge in [-0.25, -0.2) is 0 Å². The van der Waals surface area contributed by atoms with Gasteiger partial charge in [-0.15, -0.1) is 40.6 Å². The van der Waals surface area contributed by atoms with Crippen LogP contribution in [0.15, 0.2) is 102 Å². The Balaban J connectivity index is -0.000000334. The van der Waals surface area contributed by atoms with E-state index in [9.17, 15) is 0 Å². The summed E-state index contributed by atoms with van der Waals surface area (Å²) >= 11 is 4.78. The molecule has 0 fully saturated rings. The van der Waals surface area contributed by atoms with Gasteiger partial charge in [0.15, 0.2) is 0 Å². The largest absolute Gasteiger partial charge is 0.184 e. The molecule has 4 heteroatoms. The van der Waals surface area contributed by atoms with Crippen molar-refractivity contribution < 1.29 is 23.3 Å². The third-order valence-electron chi connectivity index (χ3n) is 2.80. The molecule has 0 spiro atoms. The maximum absolute atomic E-state index is 6.94. The maximum atomic E-state index is 6.94. The zero-order valence-corrected chi connectivity index (χ0v) is 24.2. The van der Waals surface area contributed by atoms with Crippen LogP contribution in [0.5, 0.6) is 0 Å². The fourth-order valence-electron chi connectivity index (χ4n) is 1.80. The molecule has 0 bridgehead atoms. The van der Waals surface area contributed by atoms with Gasteiger partial charge >= 0.3 is 30.2 Å². The first-order valence-corrected chi connectivity index (χ1v) is 14.0. The molecule has 4 rings (SSSR count). The van der Waals surface area contributed by atoms with Gasteiger partial charge in [-0.2, -0.15) is 78.9 Å². The van der Waals surface area contributed by atoms with E-state index in [0.717, 1.165) is 4.47 Å². The van der Waals surface area contributed by atoms with Gasteiger partial charge in [0, 0.05) is 0 Å². The minimum atomic E-state index is -0.250. The molecule has 166 valence electrons. The summed E-state index contributed by atoms with van der Waals surface area (Å²) in [6.45, 7) is 8.62. The summed E-state index contributed by atoms with van der Waals surface area (Å²) in [4.78, 5) is 0. The maximum Gasteiger partial charge on any atom is -0.171 e. The van der Waals surface area contributed by atoms with Crippen molar-refractivity contribution in [3.63, 3.8) is 0 Å². The van der Waals surface area contributed by atoms with Crippen LogP contribution in [-0.4, -0.2) is 12.4 Å². The second-order valence-electron chi connectivity index (χ2n) is 6.71. The van der Waals surface area contributed by atoms with Gasteiger partial charge in [-0.05, 0) is 0 Å². The van der Waals surface area contributed by atoms with Crippen LogP contribution in [0.1, 0.15) is 20.8 Å². The van der Waals surface area contributed by atoms with Crippen LogP contribution < -0.4 is 0 Å². The van der Waals surface area contributed by atoms with Gasteiger partial charge in [0.05, 0.1) is 0 Å². The van der Waals surface area contributed by atoms with E-state index in [1.807, 2.05) is 81.4 Å². The summed E-state index contributed by atoms with van der Waals surface area (Å²) in [5.74, 6) is 0.